The van der Waals surface area contributed by atoms with Gasteiger partial charge in [0.2, 0.25) is 0 Å². The van der Waals surface area contributed by atoms with Gasteiger partial charge in [0.25, 0.3) is 17.3 Å². The highest BCUT2D eigenvalue weighted by Gasteiger charge is 2.26. The predicted molar refractivity (Wildman–Crippen MR) is 96.1 cm³/mol. The van der Waals surface area contributed by atoms with E-state index < -0.39 is 39.1 Å². The van der Waals surface area contributed by atoms with E-state index in [4.69, 9.17) is 0 Å². The zero-order valence-corrected chi connectivity index (χ0v) is 15.3. The molecule has 2 aromatic carbocycles. The Kier molecular flexibility index (Phi) is 6.19. The molecule has 1 N–H and O–H groups in total. The number of nitro benzene ring substituents is 2. The number of methoxy groups -OCH3 is 1. The van der Waals surface area contributed by atoms with Crippen LogP contribution in [0.1, 0.15) is 22.0 Å². The number of halogens is 1. The van der Waals surface area contributed by atoms with Crippen LogP contribution in [-0.2, 0) is 9.53 Å². The van der Waals surface area contributed by atoms with Gasteiger partial charge in [0, 0.05) is 16.6 Å². The van der Waals surface area contributed by atoms with Crippen molar-refractivity contribution in [3.05, 3.63) is 78.3 Å². The molecule has 0 aliphatic rings. The lowest BCUT2D eigenvalue weighted by Gasteiger charge is -2.17. The summed E-state index contributed by atoms with van der Waals surface area (Å²) in [6.07, 6.45) is 0. The molecule has 10 nitrogen and oxygen atoms in total. The predicted octanol–water partition coefficient (Wildman–Crippen LogP) is 2.91. The minimum absolute atomic E-state index is 0.332. The summed E-state index contributed by atoms with van der Waals surface area (Å²) in [5.74, 6) is -1.68. The Hall–Kier alpha value is -3.34. The summed E-state index contributed by atoms with van der Waals surface area (Å²) in [7, 11) is 1.14. The van der Waals surface area contributed by atoms with E-state index in [1.807, 2.05) is 0 Å². The summed E-state index contributed by atoms with van der Waals surface area (Å²) < 4.78 is 5.42. The van der Waals surface area contributed by atoms with Crippen molar-refractivity contribution in [1.29, 1.82) is 0 Å². The molecule has 0 spiro atoms. The van der Waals surface area contributed by atoms with Gasteiger partial charge in [0.05, 0.1) is 28.6 Å². The smallest absolute Gasteiger partial charge is 0.333 e. The summed E-state index contributed by atoms with van der Waals surface area (Å²) in [6, 6.07) is 7.75. The zero-order valence-electron chi connectivity index (χ0n) is 13.7. The summed E-state index contributed by atoms with van der Waals surface area (Å²) in [5.41, 5.74) is -1.17. The molecular formula is C16H12BrN3O7. The third-order valence-corrected chi connectivity index (χ3v) is 4.03. The van der Waals surface area contributed by atoms with E-state index >= 15 is 0 Å². The van der Waals surface area contributed by atoms with E-state index in [1.165, 1.54) is 0 Å². The summed E-state index contributed by atoms with van der Waals surface area (Å²) in [4.78, 5) is 44.7. The third-order valence-electron chi connectivity index (χ3n) is 3.50. The van der Waals surface area contributed by atoms with Crippen LogP contribution in [0.5, 0.6) is 0 Å². The van der Waals surface area contributed by atoms with Crippen molar-refractivity contribution in [3.8, 4) is 0 Å². The van der Waals surface area contributed by atoms with E-state index in [0.717, 1.165) is 29.8 Å². The summed E-state index contributed by atoms with van der Waals surface area (Å²) in [6.45, 7) is 0. The standard InChI is InChI=1S/C16H12BrN3O7/c1-27-16(22)14(9-2-4-11(17)5-3-9)18-15(21)10-6-12(19(23)24)8-13(7-10)20(25)26/h2-8,14H,1H3,(H,18,21). The number of nitrogens with zero attached hydrogens (tertiary/aromatic N) is 2. The maximum atomic E-state index is 12.5. The molecule has 0 radical (unpaired) electrons. The Balaban J connectivity index is 2.40. The minimum Gasteiger partial charge on any atom is -0.467 e. The van der Waals surface area contributed by atoms with Crippen LogP contribution >= 0.6 is 15.9 Å². The lowest BCUT2D eigenvalue weighted by atomic mass is 10.1. The molecule has 2 aromatic rings. The van der Waals surface area contributed by atoms with Gasteiger partial charge < -0.3 is 10.1 Å². The van der Waals surface area contributed by atoms with Crippen LogP contribution in [0.4, 0.5) is 11.4 Å². The first-order valence-electron chi connectivity index (χ1n) is 7.31. The van der Waals surface area contributed by atoms with Gasteiger partial charge in [-0.3, -0.25) is 25.0 Å². The molecule has 1 amide bonds. The van der Waals surface area contributed by atoms with E-state index in [9.17, 15) is 29.8 Å². The highest BCUT2D eigenvalue weighted by atomic mass is 79.9. The van der Waals surface area contributed by atoms with Gasteiger partial charge in [-0.1, -0.05) is 28.1 Å². The normalized spacial score (nSPS) is 11.3. The first-order chi connectivity index (χ1) is 12.7. The molecule has 11 heteroatoms. The maximum absolute atomic E-state index is 12.5. The molecule has 1 atom stereocenters. The molecule has 0 saturated carbocycles. The molecule has 0 heterocycles. The van der Waals surface area contributed by atoms with Gasteiger partial charge >= 0.3 is 5.97 Å². The third kappa shape index (κ3) is 4.85. The van der Waals surface area contributed by atoms with Crippen LogP contribution in [0.2, 0.25) is 0 Å². The molecule has 1 unspecified atom stereocenters. The Morgan fingerprint density at radius 2 is 1.56 bits per heavy atom. The highest BCUT2D eigenvalue weighted by molar-refractivity contribution is 9.10. The fraction of sp³-hybridized carbons (Fsp3) is 0.125. The molecule has 0 bridgehead atoms. The molecule has 27 heavy (non-hydrogen) atoms. The Labute approximate surface area is 160 Å². The quantitative estimate of drug-likeness (QED) is 0.415. The number of carbonyl (C=O) groups is 2. The SMILES string of the molecule is COC(=O)C(NC(=O)c1cc([N+](=O)[O-])cc([N+](=O)[O-])c1)c1ccc(Br)cc1. The molecule has 2 rings (SSSR count). The average molecular weight is 438 g/mol. The molecule has 0 aliphatic carbocycles. The molecule has 0 saturated heterocycles. The van der Waals surface area contributed by atoms with E-state index in [-0.39, 0.29) is 5.56 Å². The van der Waals surface area contributed by atoms with Gasteiger partial charge in [-0.2, -0.15) is 0 Å². The topological polar surface area (TPSA) is 142 Å². The monoisotopic (exact) mass is 437 g/mol. The zero-order chi connectivity index (χ0) is 20.1. The second-order valence-corrected chi connectivity index (χ2v) is 6.15. The van der Waals surface area contributed by atoms with Crippen molar-refractivity contribution in [2.45, 2.75) is 6.04 Å². The van der Waals surface area contributed by atoms with Crippen LogP contribution < -0.4 is 5.32 Å². The van der Waals surface area contributed by atoms with Gasteiger partial charge in [-0.15, -0.1) is 0 Å². The first kappa shape index (κ1) is 20.0. The van der Waals surface area contributed by atoms with Crippen molar-refractivity contribution in [2.75, 3.05) is 7.11 Å². The lowest BCUT2D eigenvalue weighted by molar-refractivity contribution is -0.394. The van der Waals surface area contributed by atoms with Gasteiger partial charge in [-0.25, -0.2) is 4.79 Å². The fourth-order valence-electron chi connectivity index (χ4n) is 2.20. The Morgan fingerprint density at radius 1 is 1.04 bits per heavy atom. The van der Waals surface area contributed by atoms with Crippen LogP contribution in [0.3, 0.4) is 0 Å². The number of amides is 1. The lowest BCUT2D eigenvalue weighted by Crippen LogP contribution is -2.34. The average Bonchev–Trinajstić information content (AvgIpc) is 2.65. The number of nitro groups is 2. The van der Waals surface area contributed by atoms with E-state index in [1.54, 1.807) is 24.3 Å². The van der Waals surface area contributed by atoms with Gasteiger partial charge in [0.1, 0.15) is 0 Å². The number of esters is 1. The van der Waals surface area contributed by atoms with E-state index in [0.29, 0.717) is 5.56 Å². The van der Waals surface area contributed by atoms with Gasteiger partial charge in [0.15, 0.2) is 6.04 Å². The first-order valence-corrected chi connectivity index (χ1v) is 8.10. The van der Waals surface area contributed by atoms with Crippen LogP contribution in [0, 0.1) is 20.2 Å². The van der Waals surface area contributed by atoms with Gasteiger partial charge in [-0.05, 0) is 17.7 Å². The molecule has 140 valence electrons. The minimum atomic E-state index is -1.20. The van der Waals surface area contributed by atoms with Crippen LogP contribution in [0.15, 0.2) is 46.9 Å². The highest BCUT2D eigenvalue weighted by Crippen LogP contribution is 2.24. The number of non-ortho nitro benzene ring substituents is 2. The fourth-order valence-corrected chi connectivity index (χ4v) is 2.47. The van der Waals surface area contributed by atoms with Crippen molar-refractivity contribution in [3.63, 3.8) is 0 Å². The van der Waals surface area contributed by atoms with Crippen LogP contribution in [0.25, 0.3) is 0 Å². The number of nitrogens with one attached hydrogen (secondary N) is 1. The Morgan fingerprint density at radius 3 is 2.00 bits per heavy atom. The number of carbonyl (C=O) groups excluding carboxylic acids is 2. The largest absolute Gasteiger partial charge is 0.467 e. The maximum Gasteiger partial charge on any atom is 0.333 e. The molecule has 0 aromatic heterocycles. The number of benzene rings is 2. The van der Waals surface area contributed by atoms with Crippen LogP contribution in [-0.4, -0.2) is 28.8 Å². The number of hydrogen-bond donors (Lipinski definition) is 1. The second kappa shape index (κ2) is 8.36. The van der Waals surface area contributed by atoms with Crippen molar-refractivity contribution in [1.82, 2.24) is 5.32 Å². The van der Waals surface area contributed by atoms with Crippen molar-refractivity contribution < 1.29 is 24.2 Å². The number of ether oxygens (including phenoxy) is 1. The molecule has 0 fully saturated rings. The Bertz CT molecular complexity index is 882. The molecular weight excluding hydrogens is 426 g/mol. The summed E-state index contributed by atoms with van der Waals surface area (Å²) >= 11 is 3.25. The molecule has 0 aliphatic heterocycles. The number of hydrogen-bond acceptors (Lipinski definition) is 7. The van der Waals surface area contributed by atoms with Crippen molar-refractivity contribution in [2.24, 2.45) is 0 Å². The summed E-state index contributed by atoms with van der Waals surface area (Å²) in [5, 5.41) is 24.3. The number of rotatable bonds is 6. The van der Waals surface area contributed by atoms with Crippen molar-refractivity contribution >= 4 is 39.2 Å². The second-order valence-electron chi connectivity index (χ2n) is 5.23. The van der Waals surface area contributed by atoms with E-state index in [2.05, 4.69) is 26.0 Å².